The minimum atomic E-state index is -5.03. The van der Waals surface area contributed by atoms with Crippen molar-refractivity contribution in [2.45, 2.75) is 31.2 Å². The van der Waals surface area contributed by atoms with Gasteiger partial charge in [0, 0.05) is 24.8 Å². The molecule has 0 radical (unpaired) electrons. The summed E-state index contributed by atoms with van der Waals surface area (Å²) in [6, 6.07) is 8.48. The number of halogens is 5. The molecule has 0 aliphatic rings. The number of carbonyl (C=O) groups is 1. The first-order valence-electron chi connectivity index (χ1n) is 9.66. The zero-order valence-corrected chi connectivity index (χ0v) is 19.9. The van der Waals surface area contributed by atoms with E-state index in [-0.39, 0.29) is 28.8 Å². The second-order valence-electron chi connectivity index (χ2n) is 7.28. The van der Waals surface area contributed by atoms with Crippen LogP contribution in [0.2, 0.25) is 10.0 Å². The Morgan fingerprint density at radius 3 is 2.12 bits per heavy atom. The van der Waals surface area contributed by atoms with E-state index in [4.69, 9.17) is 42.1 Å². The molecule has 1 amide bonds. The van der Waals surface area contributed by atoms with E-state index in [9.17, 15) is 18.0 Å². The topological polar surface area (TPSA) is 66.0 Å². The van der Waals surface area contributed by atoms with Gasteiger partial charge in [0.15, 0.2) is 0 Å². The molecule has 0 aliphatic heterocycles. The predicted molar refractivity (Wildman–Crippen MR) is 118 cm³/mol. The van der Waals surface area contributed by atoms with E-state index in [2.05, 4.69) is 5.32 Å². The number of ether oxygens (including phenoxy) is 4. The predicted octanol–water partition coefficient (Wildman–Crippen LogP) is 5.39. The number of benzene rings is 2. The Kier molecular flexibility index (Phi) is 9.11. The van der Waals surface area contributed by atoms with Gasteiger partial charge in [-0.3, -0.25) is 4.79 Å². The minimum absolute atomic E-state index is 0.150. The molecule has 11 heteroatoms. The minimum Gasteiger partial charge on any atom is -0.497 e. The Labute approximate surface area is 199 Å². The molecule has 1 N–H and O–H groups in total. The van der Waals surface area contributed by atoms with Gasteiger partial charge >= 0.3 is 6.18 Å². The van der Waals surface area contributed by atoms with E-state index in [1.54, 1.807) is 25.1 Å². The molecular weight excluding hydrogens is 486 g/mol. The highest BCUT2D eigenvalue weighted by Gasteiger charge is 2.49. The summed E-state index contributed by atoms with van der Waals surface area (Å²) >= 11 is 11.7. The van der Waals surface area contributed by atoms with Crippen molar-refractivity contribution in [2.24, 2.45) is 0 Å². The number of hydrogen-bond acceptors (Lipinski definition) is 5. The first-order chi connectivity index (χ1) is 15.4. The van der Waals surface area contributed by atoms with E-state index in [1.165, 1.54) is 33.5 Å². The molecular formula is C22H24Cl2F3NO5. The molecule has 0 saturated heterocycles. The average Bonchev–Trinajstić information content (AvgIpc) is 2.75. The van der Waals surface area contributed by atoms with Gasteiger partial charge in [-0.15, -0.1) is 0 Å². The average molecular weight is 510 g/mol. The van der Waals surface area contributed by atoms with Gasteiger partial charge in [0.05, 0.1) is 24.8 Å². The van der Waals surface area contributed by atoms with Gasteiger partial charge in [-0.05, 0) is 49.2 Å². The molecule has 2 aromatic rings. The van der Waals surface area contributed by atoms with Crippen LogP contribution in [0.5, 0.6) is 17.2 Å². The lowest BCUT2D eigenvalue weighted by atomic mass is 9.88. The third-order valence-corrected chi connectivity index (χ3v) is 5.40. The van der Waals surface area contributed by atoms with Crippen LogP contribution in [0, 0.1) is 0 Å². The Morgan fingerprint density at radius 2 is 1.64 bits per heavy atom. The Balaban J connectivity index is 2.43. The second kappa shape index (κ2) is 11.2. The van der Waals surface area contributed by atoms with Crippen molar-refractivity contribution in [1.82, 2.24) is 5.32 Å². The van der Waals surface area contributed by atoms with Crippen LogP contribution < -0.4 is 19.5 Å². The van der Waals surface area contributed by atoms with Crippen molar-refractivity contribution < 1.29 is 36.9 Å². The summed E-state index contributed by atoms with van der Waals surface area (Å²) in [4.78, 5) is 12.9. The largest absolute Gasteiger partial charge is 0.497 e. The molecule has 2 atom stereocenters. The summed E-state index contributed by atoms with van der Waals surface area (Å²) in [5.41, 5.74) is -0.833. The van der Waals surface area contributed by atoms with Crippen molar-refractivity contribution in [2.75, 3.05) is 27.9 Å². The molecule has 182 valence electrons. The summed E-state index contributed by atoms with van der Waals surface area (Å²) in [6.45, 7) is 1.72. The van der Waals surface area contributed by atoms with Crippen molar-refractivity contribution in [1.29, 1.82) is 0 Å². The van der Waals surface area contributed by atoms with Gasteiger partial charge in [-0.2, -0.15) is 13.2 Å². The van der Waals surface area contributed by atoms with Gasteiger partial charge in [0.1, 0.15) is 17.2 Å². The number of alkyl halides is 3. The number of methoxy groups -OCH3 is 3. The molecule has 2 aromatic carbocycles. The van der Waals surface area contributed by atoms with E-state index in [0.717, 1.165) is 6.07 Å². The highest BCUT2D eigenvalue weighted by Crippen LogP contribution is 2.35. The van der Waals surface area contributed by atoms with Gasteiger partial charge in [0.25, 0.3) is 12.0 Å². The second-order valence-corrected chi connectivity index (χ2v) is 8.12. The van der Waals surface area contributed by atoms with Crippen molar-refractivity contribution in [3.63, 3.8) is 0 Å². The lowest BCUT2D eigenvalue weighted by Gasteiger charge is -2.34. The number of carbonyl (C=O) groups excluding carboxylic acids is 1. The molecule has 0 aromatic heterocycles. The third-order valence-electron chi connectivity index (χ3n) is 4.87. The number of amides is 1. The van der Waals surface area contributed by atoms with E-state index >= 15 is 0 Å². The van der Waals surface area contributed by atoms with E-state index in [1.807, 2.05) is 0 Å². The monoisotopic (exact) mass is 509 g/mol. The fourth-order valence-corrected chi connectivity index (χ4v) is 3.47. The summed E-state index contributed by atoms with van der Waals surface area (Å²) in [7, 11) is 4.32. The van der Waals surface area contributed by atoms with Crippen molar-refractivity contribution in [3.8, 4) is 17.2 Å². The van der Waals surface area contributed by atoms with E-state index in [0.29, 0.717) is 17.1 Å². The number of hydrogen-bond donors (Lipinski definition) is 1. The van der Waals surface area contributed by atoms with Crippen molar-refractivity contribution in [3.05, 3.63) is 52.0 Å². The fourth-order valence-electron chi connectivity index (χ4n) is 3.02. The van der Waals surface area contributed by atoms with Crippen LogP contribution in [0.4, 0.5) is 13.2 Å². The normalized spacial score (nSPS) is 14.2. The first kappa shape index (κ1) is 26.9. The lowest BCUT2D eigenvalue weighted by Crippen LogP contribution is -2.54. The Hall–Kier alpha value is -2.36. The van der Waals surface area contributed by atoms with Crippen LogP contribution in [-0.4, -0.2) is 46.1 Å². The van der Waals surface area contributed by atoms with Gasteiger partial charge in [0.2, 0.25) is 0 Å². The third kappa shape index (κ3) is 7.06. The van der Waals surface area contributed by atoms with Gasteiger partial charge < -0.3 is 24.3 Å². The molecule has 0 heterocycles. The molecule has 0 aliphatic carbocycles. The van der Waals surface area contributed by atoms with Crippen LogP contribution in [0.25, 0.3) is 0 Å². The van der Waals surface area contributed by atoms with Crippen molar-refractivity contribution >= 4 is 29.1 Å². The zero-order valence-electron chi connectivity index (χ0n) is 18.4. The smallest absolute Gasteiger partial charge is 0.434 e. The molecule has 0 saturated carbocycles. The van der Waals surface area contributed by atoms with Crippen LogP contribution in [0.15, 0.2) is 36.4 Å². The maximum atomic E-state index is 13.8. The maximum Gasteiger partial charge on any atom is 0.434 e. The first-order valence-corrected chi connectivity index (χ1v) is 10.4. The summed E-state index contributed by atoms with van der Waals surface area (Å²) < 4.78 is 62.0. The fraction of sp³-hybridized carbons (Fsp3) is 0.409. The molecule has 0 bridgehead atoms. The summed E-state index contributed by atoms with van der Waals surface area (Å²) in [5.74, 6) is -0.938. The molecule has 0 spiro atoms. The van der Waals surface area contributed by atoms with Gasteiger partial charge in [-0.25, -0.2) is 0 Å². The zero-order chi connectivity index (χ0) is 24.8. The standard InChI is InChI=1S/C22H24Cl2F3NO5/c1-21(7-8-30-2,13-9-15(31-3)12-16(10-13)32-4)28-20(29)19(22(25,26)27)33-18-6-5-14(23)11-17(18)24/h5-6,9-12,19H,7-8H2,1-4H3,(H,28,29). The molecule has 2 unspecified atom stereocenters. The molecule has 0 fully saturated rings. The quantitative estimate of drug-likeness (QED) is 0.465. The maximum absolute atomic E-state index is 13.8. The molecule has 6 nitrogen and oxygen atoms in total. The number of nitrogens with one attached hydrogen (secondary N) is 1. The molecule has 33 heavy (non-hydrogen) atoms. The Bertz CT molecular complexity index is 951. The van der Waals surface area contributed by atoms with Crippen LogP contribution in [0.1, 0.15) is 18.9 Å². The van der Waals surface area contributed by atoms with Gasteiger partial charge in [-0.1, -0.05) is 23.2 Å². The lowest BCUT2D eigenvalue weighted by molar-refractivity contribution is -0.199. The van der Waals surface area contributed by atoms with Crippen LogP contribution in [0.3, 0.4) is 0 Å². The highest BCUT2D eigenvalue weighted by molar-refractivity contribution is 6.35. The van der Waals surface area contributed by atoms with Crippen LogP contribution in [-0.2, 0) is 15.1 Å². The number of rotatable bonds is 10. The summed E-state index contributed by atoms with van der Waals surface area (Å²) in [6.07, 6.45) is -7.70. The highest BCUT2D eigenvalue weighted by atomic mass is 35.5. The Morgan fingerprint density at radius 1 is 1.03 bits per heavy atom. The SMILES string of the molecule is COCCC(C)(NC(=O)C(Oc1ccc(Cl)cc1Cl)C(F)(F)F)c1cc(OC)cc(OC)c1. The van der Waals surface area contributed by atoms with E-state index < -0.39 is 23.7 Å². The van der Waals surface area contributed by atoms with Crippen LogP contribution >= 0.6 is 23.2 Å². The summed E-state index contributed by atoms with van der Waals surface area (Å²) in [5, 5.41) is 2.51. The molecule has 2 rings (SSSR count).